The molecule has 2 atom stereocenters. The molecule has 0 radical (unpaired) electrons. The molecule has 1 aliphatic rings. The topological polar surface area (TPSA) is 52.0 Å². The lowest BCUT2D eigenvalue weighted by Crippen LogP contribution is -2.08. The van der Waals surface area contributed by atoms with Gasteiger partial charge in [0.05, 0.1) is 0 Å². The molecule has 0 aliphatic heterocycles. The number of hydrogen-bond acceptors (Lipinski definition) is 2. The highest BCUT2D eigenvalue weighted by Gasteiger charge is 2.24. The summed E-state index contributed by atoms with van der Waals surface area (Å²) in [6.45, 7) is 0. The molecule has 58 valence electrons. The largest absolute Gasteiger partial charge is 0.324 e. The van der Waals surface area contributed by atoms with E-state index in [1.807, 2.05) is 12.1 Å². The summed E-state index contributed by atoms with van der Waals surface area (Å²) in [5.74, 6) is 0. The molecule has 2 heteroatoms. The molecule has 1 aliphatic carbocycles. The molecular weight excluding hydrogens is 136 g/mol. The molecule has 1 aromatic rings. The van der Waals surface area contributed by atoms with Gasteiger partial charge in [-0.2, -0.15) is 0 Å². The fraction of sp³-hybridized carbons (Fsp3) is 0.333. The minimum absolute atomic E-state index is 0.154. The van der Waals surface area contributed by atoms with Crippen LogP contribution in [0.1, 0.15) is 29.6 Å². The van der Waals surface area contributed by atoms with E-state index in [1.165, 1.54) is 11.1 Å². The lowest BCUT2D eigenvalue weighted by atomic mass is 10.1. The highest BCUT2D eigenvalue weighted by atomic mass is 14.7. The van der Waals surface area contributed by atoms with E-state index in [0.717, 1.165) is 6.42 Å². The molecule has 0 unspecified atom stereocenters. The molecule has 0 aromatic heterocycles. The molecule has 0 fully saturated rings. The van der Waals surface area contributed by atoms with Crippen molar-refractivity contribution < 1.29 is 0 Å². The van der Waals surface area contributed by atoms with E-state index in [2.05, 4.69) is 12.1 Å². The quantitative estimate of drug-likeness (QED) is 0.578. The van der Waals surface area contributed by atoms with Gasteiger partial charge in [-0.15, -0.1) is 0 Å². The molecule has 4 N–H and O–H groups in total. The van der Waals surface area contributed by atoms with Crippen molar-refractivity contribution in [2.24, 2.45) is 11.5 Å². The zero-order valence-corrected chi connectivity index (χ0v) is 6.33. The maximum absolute atomic E-state index is 5.86. The van der Waals surface area contributed by atoms with Gasteiger partial charge >= 0.3 is 0 Å². The van der Waals surface area contributed by atoms with E-state index < -0.39 is 0 Å². The molecule has 0 amide bonds. The Labute approximate surface area is 66.2 Å². The van der Waals surface area contributed by atoms with Gasteiger partial charge in [0.15, 0.2) is 0 Å². The van der Waals surface area contributed by atoms with Crippen molar-refractivity contribution in [2.45, 2.75) is 18.5 Å². The second-order valence-corrected chi connectivity index (χ2v) is 3.08. The van der Waals surface area contributed by atoms with E-state index in [1.54, 1.807) is 0 Å². The monoisotopic (exact) mass is 148 g/mol. The first kappa shape index (κ1) is 6.83. The van der Waals surface area contributed by atoms with Crippen LogP contribution in [0.15, 0.2) is 24.3 Å². The minimum Gasteiger partial charge on any atom is -0.324 e. The van der Waals surface area contributed by atoms with Crippen molar-refractivity contribution in [3.05, 3.63) is 35.4 Å². The molecule has 0 saturated heterocycles. The van der Waals surface area contributed by atoms with Gasteiger partial charge in [-0.3, -0.25) is 0 Å². The van der Waals surface area contributed by atoms with Crippen LogP contribution in [0.25, 0.3) is 0 Å². The average Bonchev–Trinajstić information content (AvgIpc) is 2.30. The summed E-state index contributed by atoms with van der Waals surface area (Å²) in [6, 6.07) is 8.45. The van der Waals surface area contributed by atoms with Gasteiger partial charge in [0.25, 0.3) is 0 Å². The molecular formula is C9H12N2. The van der Waals surface area contributed by atoms with Gasteiger partial charge in [-0.1, -0.05) is 24.3 Å². The normalized spacial score (nSPS) is 28.5. The van der Waals surface area contributed by atoms with Gasteiger partial charge in [0.2, 0.25) is 0 Å². The zero-order valence-electron chi connectivity index (χ0n) is 6.33. The maximum atomic E-state index is 5.86. The van der Waals surface area contributed by atoms with Gasteiger partial charge in [0.1, 0.15) is 0 Å². The number of rotatable bonds is 0. The van der Waals surface area contributed by atoms with Crippen LogP contribution in [-0.4, -0.2) is 0 Å². The number of nitrogens with two attached hydrogens (primary N) is 2. The molecule has 0 spiro atoms. The Bertz CT molecular complexity index is 243. The van der Waals surface area contributed by atoms with Gasteiger partial charge in [-0.25, -0.2) is 0 Å². The van der Waals surface area contributed by atoms with Gasteiger partial charge in [0, 0.05) is 12.1 Å². The van der Waals surface area contributed by atoms with Crippen molar-refractivity contribution in [1.29, 1.82) is 0 Å². The smallest absolute Gasteiger partial charge is 0.0316 e. The molecule has 0 saturated carbocycles. The summed E-state index contributed by atoms with van der Waals surface area (Å²) in [7, 11) is 0. The van der Waals surface area contributed by atoms with Gasteiger partial charge in [-0.05, 0) is 17.5 Å². The lowest BCUT2D eigenvalue weighted by Gasteiger charge is -2.01. The Morgan fingerprint density at radius 1 is 1.00 bits per heavy atom. The summed E-state index contributed by atoms with van der Waals surface area (Å²) in [4.78, 5) is 0. The first-order valence-electron chi connectivity index (χ1n) is 3.89. The van der Waals surface area contributed by atoms with E-state index in [0.29, 0.717) is 0 Å². The van der Waals surface area contributed by atoms with Crippen LogP contribution in [0, 0.1) is 0 Å². The summed E-state index contributed by atoms with van der Waals surface area (Å²) in [5, 5.41) is 0. The lowest BCUT2D eigenvalue weighted by molar-refractivity contribution is 0.621. The fourth-order valence-electron chi connectivity index (χ4n) is 1.71. The Balaban J connectivity index is 2.52. The SMILES string of the molecule is N[C@@H]1C[C@H](N)c2ccccc21. The Kier molecular flexibility index (Phi) is 1.44. The van der Waals surface area contributed by atoms with Crippen LogP contribution in [0.3, 0.4) is 0 Å². The summed E-state index contributed by atoms with van der Waals surface area (Å²) in [6.07, 6.45) is 0.888. The first-order valence-corrected chi connectivity index (χ1v) is 3.89. The summed E-state index contributed by atoms with van der Waals surface area (Å²) in [5.41, 5.74) is 14.2. The van der Waals surface area contributed by atoms with E-state index in [4.69, 9.17) is 11.5 Å². The van der Waals surface area contributed by atoms with Crippen LogP contribution in [0.4, 0.5) is 0 Å². The van der Waals surface area contributed by atoms with Crippen LogP contribution in [-0.2, 0) is 0 Å². The third-order valence-electron chi connectivity index (χ3n) is 2.30. The third-order valence-corrected chi connectivity index (χ3v) is 2.30. The van der Waals surface area contributed by atoms with Crippen molar-refractivity contribution in [2.75, 3.05) is 0 Å². The number of benzene rings is 1. The molecule has 1 aromatic carbocycles. The number of hydrogen-bond donors (Lipinski definition) is 2. The third kappa shape index (κ3) is 0.951. The predicted molar refractivity (Wildman–Crippen MR) is 44.9 cm³/mol. The average molecular weight is 148 g/mol. The second-order valence-electron chi connectivity index (χ2n) is 3.08. The first-order chi connectivity index (χ1) is 5.29. The highest BCUT2D eigenvalue weighted by Crippen LogP contribution is 2.34. The van der Waals surface area contributed by atoms with E-state index >= 15 is 0 Å². The minimum atomic E-state index is 0.154. The maximum Gasteiger partial charge on any atom is 0.0316 e. The summed E-state index contributed by atoms with van der Waals surface area (Å²) >= 11 is 0. The summed E-state index contributed by atoms with van der Waals surface area (Å²) < 4.78 is 0. The van der Waals surface area contributed by atoms with Crippen molar-refractivity contribution >= 4 is 0 Å². The molecule has 11 heavy (non-hydrogen) atoms. The highest BCUT2D eigenvalue weighted by molar-refractivity contribution is 5.36. The molecule has 0 bridgehead atoms. The van der Waals surface area contributed by atoms with Gasteiger partial charge < -0.3 is 11.5 Å². The van der Waals surface area contributed by atoms with Crippen molar-refractivity contribution in [3.8, 4) is 0 Å². The Hall–Kier alpha value is -0.860. The fourth-order valence-corrected chi connectivity index (χ4v) is 1.71. The van der Waals surface area contributed by atoms with E-state index in [9.17, 15) is 0 Å². The zero-order chi connectivity index (χ0) is 7.84. The second kappa shape index (κ2) is 2.32. The molecule has 2 rings (SSSR count). The van der Waals surface area contributed by atoms with Crippen LogP contribution in [0.2, 0.25) is 0 Å². The van der Waals surface area contributed by atoms with Crippen molar-refractivity contribution in [3.63, 3.8) is 0 Å². The van der Waals surface area contributed by atoms with E-state index in [-0.39, 0.29) is 12.1 Å². The van der Waals surface area contributed by atoms with Crippen LogP contribution >= 0.6 is 0 Å². The number of fused-ring (bicyclic) bond motifs is 1. The van der Waals surface area contributed by atoms with Crippen LogP contribution in [0.5, 0.6) is 0 Å². The van der Waals surface area contributed by atoms with Crippen LogP contribution < -0.4 is 11.5 Å². The van der Waals surface area contributed by atoms with Crippen molar-refractivity contribution in [1.82, 2.24) is 0 Å². The molecule has 2 nitrogen and oxygen atoms in total. The predicted octanol–water partition coefficient (Wildman–Crippen LogP) is 1.09. The Morgan fingerprint density at radius 3 is 1.91 bits per heavy atom. The molecule has 0 heterocycles. The standard InChI is InChI=1S/C9H12N2/c10-8-5-9(11)7-4-2-1-3-6(7)8/h1-4,8-9H,5,10-11H2/t8-,9+. The Morgan fingerprint density at radius 2 is 1.45 bits per heavy atom.